The SMILES string of the molecule is CC1(C)SC2c3ccccc3C(=O)N2C1C(=O)NCc1ccc(Cl)c(Cl)c1. The Kier molecular flexibility index (Phi) is 4.65. The zero-order valence-corrected chi connectivity index (χ0v) is 17.2. The highest BCUT2D eigenvalue weighted by Gasteiger charge is 2.57. The molecule has 0 radical (unpaired) electrons. The molecule has 2 aliphatic rings. The molecule has 27 heavy (non-hydrogen) atoms. The minimum Gasteiger partial charge on any atom is -0.350 e. The molecule has 0 spiro atoms. The number of fused-ring (bicyclic) bond motifs is 3. The van der Waals surface area contributed by atoms with Gasteiger partial charge in [-0.25, -0.2) is 0 Å². The zero-order valence-electron chi connectivity index (χ0n) is 14.8. The Balaban J connectivity index is 1.56. The Morgan fingerprint density at radius 1 is 1.19 bits per heavy atom. The largest absolute Gasteiger partial charge is 0.350 e. The van der Waals surface area contributed by atoms with Crippen LogP contribution in [0, 0.1) is 0 Å². The molecule has 2 aromatic carbocycles. The summed E-state index contributed by atoms with van der Waals surface area (Å²) in [6.07, 6.45) is 0. The second-order valence-corrected chi connectivity index (χ2v) is 9.79. The fraction of sp³-hybridized carbons (Fsp3) is 0.300. The smallest absolute Gasteiger partial charge is 0.256 e. The molecule has 0 aromatic heterocycles. The van der Waals surface area contributed by atoms with E-state index >= 15 is 0 Å². The molecule has 2 amide bonds. The van der Waals surface area contributed by atoms with Gasteiger partial charge in [0, 0.05) is 16.9 Å². The van der Waals surface area contributed by atoms with Gasteiger partial charge in [0.25, 0.3) is 5.91 Å². The molecule has 1 fully saturated rings. The van der Waals surface area contributed by atoms with Crippen LogP contribution in [0.4, 0.5) is 0 Å². The fourth-order valence-corrected chi connectivity index (χ4v) is 5.65. The third-order valence-corrected chi connectivity index (χ3v) is 7.27. The van der Waals surface area contributed by atoms with E-state index in [1.165, 1.54) is 0 Å². The van der Waals surface area contributed by atoms with Crippen LogP contribution in [-0.2, 0) is 11.3 Å². The Labute approximate surface area is 172 Å². The molecule has 2 atom stereocenters. The number of amides is 2. The second-order valence-electron chi connectivity index (χ2n) is 7.24. The minimum atomic E-state index is -0.546. The molecule has 0 aliphatic carbocycles. The van der Waals surface area contributed by atoms with Crippen LogP contribution >= 0.6 is 35.0 Å². The molecule has 2 aromatic rings. The van der Waals surface area contributed by atoms with E-state index < -0.39 is 10.8 Å². The van der Waals surface area contributed by atoms with Gasteiger partial charge in [0.1, 0.15) is 11.4 Å². The lowest BCUT2D eigenvalue weighted by atomic mass is 10.0. The standard InChI is InChI=1S/C20H18Cl2N2O2S/c1-20(2)16(17(25)23-10-11-7-8-14(21)15(22)9-11)24-18(26)12-5-3-4-6-13(12)19(24)27-20/h3-9,16,19H,10H2,1-2H3,(H,23,25). The highest BCUT2D eigenvalue weighted by molar-refractivity contribution is 8.01. The van der Waals surface area contributed by atoms with E-state index in [0.29, 0.717) is 22.2 Å². The predicted molar refractivity (Wildman–Crippen MR) is 109 cm³/mol. The Bertz CT molecular complexity index is 947. The molecule has 2 aliphatic heterocycles. The van der Waals surface area contributed by atoms with Gasteiger partial charge in [0.05, 0.1) is 10.0 Å². The van der Waals surface area contributed by atoms with Crippen LogP contribution in [0.2, 0.25) is 10.0 Å². The quantitative estimate of drug-likeness (QED) is 0.785. The van der Waals surface area contributed by atoms with Crippen LogP contribution in [0.5, 0.6) is 0 Å². The summed E-state index contributed by atoms with van der Waals surface area (Å²) in [7, 11) is 0. The van der Waals surface area contributed by atoms with E-state index in [9.17, 15) is 9.59 Å². The van der Waals surface area contributed by atoms with Crippen LogP contribution in [0.15, 0.2) is 42.5 Å². The summed E-state index contributed by atoms with van der Waals surface area (Å²) in [4.78, 5) is 27.7. The molecule has 140 valence electrons. The van der Waals surface area contributed by atoms with Gasteiger partial charge in [-0.3, -0.25) is 9.59 Å². The van der Waals surface area contributed by atoms with Crippen molar-refractivity contribution in [3.8, 4) is 0 Å². The number of thioether (sulfide) groups is 1. The molecule has 0 bridgehead atoms. The maximum absolute atomic E-state index is 13.0. The van der Waals surface area contributed by atoms with Crippen molar-refractivity contribution in [3.05, 3.63) is 69.2 Å². The maximum Gasteiger partial charge on any atom is 0.256 e. The van der Waals surface area contributed by atoms with Crippen molar-refractivity contribution in [3.63, 3.8) is 0 Å². The summed E-state index contributed by atoms with van der Waals surface area (Å²) >= 11 is 13.6. The number of carbonyl (C=O) groups is 2. The molecule has 2 heterocycles. The van der Waals surface area contributed by atoms with Crippen LogP contribution in [0.25, 0.3) is 0 Å². The second kappa shape index (κ2) is 6.73. The number of rotatable bonds is 3. The normalized spacial score (nSPS) is 22.5. The highest BCUT2D eigenvalue weighted by atomic mass is 35.5. The van der Waals surface area contributed by atoms with E-state index in [2.05, 4.69) is 5.32 Å². The summed E-state index contributed by atoms with van der Waals surface area (Å²) in [6.45, 7) is 4.34. The molecule has 1 saturated heterocycles. The van der Waals surface area contributed by atoms with Gasteiger partial charge in [-0.15, -0.1) is 11.8 Å². The number of nitrogens with zero attached hydrogens (tertiary/aromatic N) is 1. The Morgan fingerprint density at radius 2 is 1.93 bits per heavy atom. The van der Waals surface area contributed by atoms with E-state index in [1.54, 1.807) is 28.8 Å². The molecule has 4 rings (SSSR count). The van der Waals surface area contributed by atoms with Crippen molar-refractivity contribution < 1.29 is 9.59 Å². The van der Waals surface area contributed by atoms with Crippen molar-refractivity contribution in [1.29, 1.82) is 0 Å². The number of nitrogens with one attached hydrogen (secondary N) is 1. The summed E-state index contributed by atoms with van der Waals surface area (Å²) in [6, 6.07) is 12.3. The summed E-state index contributed by atoms with van der Waals surface area (Å²) < 4.78 is -0.393. The lowest BCUT2D eigenvalue weighted by Gasteiger charge is -2.29. The van der Waals surface area contributed by atoms with E-state index in [0.717, 1.165) is 11.1 Å². The van der Waals surface area contributed by atoms with Crippen LogP contribution in [0.3, 0.4) is 0 Å². The van der Waals surface area contributed by atoms with Gasteiger partial charge in [0.15, 0.2) is 0 Å². The maximum atomic E-state index is 13.0. The molecular formula is C20H18Cl2N2O2S. The van der Waals surface area contributed by atoms with E-state index in [1.807, 2.05) is 44.2 Å². The third-order valence-electron chi connectivity index (χ3n) is 5.00. The van der Waals surface area contributed by atoms with Crippen molar-refractivity contribution in [2.24, 2.45) is 0 Å². The first-order valence-electron chi connectivity index (χ1n) is 8.60. The first kappa shape index (κ1) is 18.7. The van der Waals surface area contributed by atoms with Crippen molar-refractivity contribution in [1.82, 2.24) is 10.2 Å². The summed E-state index contributed by atoms with van der Waals surface area (Å²) in [5.74, 6) is -0.245. The van der Waals surface area contributed by atoms with Gasteiger partial charge in [-0.2, -0.15) is 0 Å². The van der Waals surface area contributed by atoms with Gasteiger partial charge < -0.3 is 10.2 Å². The van der Waals surface area contributed by atoms with Crippen molar-refractivity contribution in [2.45, 2.75) is 36.6 Å². The van der Waals surface area contributed by atoms with Crippen molar-refractivity contribution in [2.75, 3.05) is 0 Å². The van der Waals surface area contributed by atoms with Gasteiger partial charge in [-0.1, -0.05) is 47.5 Å². The Hall–Kier alpha value is -1.69. The summed E-state index contributed by atoms with van der Waals surface area (Å²) in [5, 5.41) is 3.76. The van der Waals surface area contributed by atoms with Crippen LogP contribution < -0.4 is 5.32 Å². The average Bonchev–Trinajstić information content (AvgIpc) is 3.06. The summed E-state index contributed by atoms with van der Waals surface area (Å²) in [5.41, 5.74) is 2.53. The van der Waals surface area contributed by atoms with E-state index in [4.69, 9.17) is 23.2 Å². The number of carbonyl (C=O) groups excluding carboxylic acids is 2. The molecule has 0 saturated carbocycles. The van der Waals surface area contributed by atoms with Gasteiger partial charge in [-0.05, 0) is 43.2 Å². The highest BCUT2D eigenvalue weighted by Crippen LogP contribution is 2.56. The molecule has 2 unspecified atom stereocenters. The number of hydrogen-bond donors (Lipinski definition) is 1. The van der Waals surface area contributed by atoms with Gasteiger partial charge >= 0.3 is 0 Å². The first-order chi connectivity index (χ1) is 12.8. The van der Waals surface area contributed by atoms with Crippen LogP contribution in [-0.4, -0.2) is 27.5 Å². The minimum absolute atomic E-state index is 0.0802. The number of hydrogen-bond acceptors (Lipinski definition) is 3. The lowest BCUT2D eigenvalue weighted by molar-refractivity contribution is -0.126. The van der Waals surface area contributed by atoms with Crippen molar-refractivity contribution >= 4 is 46.8 Å². The Morgan fingerprint density at radius 3 is 2.67 bits per heavy atom. The topological polar surface area (TPSA) is 49.4 Å². The molecule has 7 heteroatoms. The fourth-order valence-electron chi connectivity index (χ4n) is 3.74. The zero-order chi connectivity index (χ0) is 19.3. The first-order valence-corrected chi connectivity index (χ1v) is 10.2. The number of benzene rings is 2. The predicted octanol–water partition coefficient (Wildman–Crippen LogP) is 4.66. The number of halogens is 2. The third kappa shape index (κ3) is 3.12. The van der Waals surface area contributed by atoms with Gasteiger partial charge in [0.2, 0.25) is 5.91 Å². The lowest BCUT2D eigenvalue weighted by Crippen LogP contribution is -2.52. The molecule has 1 N–H and O–H groups in total. The van der Waals surface area contributed by atoms with Crippen LogP contribution in [0.1, 0.15) is 40.7 Å². The molecule has 4 nitrogen and oxygen atoms in total. The average molecular weight is 421 g/mol. The van der Waals surface area contributed by atoms with E-state index in [-0.39, 0.29) is 17.2 Å². The monoisotopic (exact) mass is 420 g/mol. The molecular weight excluding hydrogens is 403 g/mol.